The molecule has 0 aliphatic rings. The molecule has 0 radical (unpaired) electrons. The van der Waals surface area contributed by atoms with Crippen LogP contribution in [-0.2, 0) is 4.79 Å². The van der Waals surface area contributed by atoms with E-state index in [-0.39, 0.29) is 12.5 Å². The molecule has 17 heavy (non-hydrogen) atoms. The van der Waals surface area contributed by atoms with Gasteiger partial charge in [-0.2, -0.15) is 0 Å². The Bertz CT molecular complexity index is 320. The number of carbonyl (C=O) groups excluding carboxylic acids is 1. The van der Waals surface area contributed by atoms with Gasteiger partial charge in [0.25, 0.3) is 0 Å². The Balaban J connectivity index is 4.26. The molecule has 0 heterocycles. The summed E-state index contributed by atoms with van der Waals surface area (Å²) >= 11 is 0. The first-order chi connectivity index (χ1) is 8.04. The molecule has 94 valence electrons. The summed E-state index contributed by atoms with van der Waals surface area (Å²) in [4.78, 5) is 22.3. The molecule has 0 rings (SSSR count). The molecule has 5 nitrogen and oxygen atoms in total. The van der Waals surface area contributed by atoms with Crippen LogP contribution in [0.2, 0.25) is 0 Å². The molecule has 0 aromatic heterocycles. The van der Waals surface area contributed by atoms with E-state index in [2.05, 4.69) is 23.1 Å². The van der Waals surface area contributed by atoms with Crippen molar-refractivity contribution in [3.05, 3.63) is 12.7 Å². The van der Waals surface area contributed by atoms with Gasteiger partial charge in [-0.1, -0.05) is 13.0 Å². The number of rotatable bonds is 7. The van der Waals surface area contributed by atoms with Crippen LogP contribution in [0.5, 0.6) is 0 Å². The fourth-order valence-electron chi connectivity index (χ4n) is 1.21. The topological polar surface area (TPSA) is 78.4 Å². The predicted molar refractivity (Wildman–Crippen MR) is 65.4 cm³/mol. The van der Waals surface area contributed by atoms with Crippen molar-refractivity contribution in [2.24, 2.45) is 0 Å². The van der Waals surface area contributed by atoms with E-state index >= 15 is 0 Å². The first-order valence-corrected chi connectivity index (χ1v) is 5.39. The Morgan fingerprint density at radius 2 is 2.18 bits per heavy atom. The van der Waals surface area contributed by atoms with Crippen LogP contribution < -0.4 is 10.6 Å². The van der Waals surface area contributed by atoms with Crippen LogP contribution in [0.4, 0.5) is 4.79 Å². The van der Waals surface area contributed by atoms with Crippen LogP contribution in [-0.4, -0.2) is 29.2 Å². The van der Waals surface area contributed by atoms with Gasteiger partial charge in [-0.15, -0.1) is 18.9 Å². The molecule has 2 unspecified atom stereocenters. The smallest absolute Gasteiger partial charge is 0.326 e. The number of carboxylic acids is 1. The molecule has 0 aromatic rings. The second kappa shape index (κ2) is 8.22. The van der Waals surface area contributed by atoms with E-state index in [1.54, 1.807) is 0 Å². The predicted octanol–water partition coefficient (Wildman–Crippen LogP) is 1.12. The van der Waals surface area contributed by atoms with E-state index in [9.17, 15) is 9.59 Å². The van der Waals surface area contributed by atoms with Gasteiger partial charge in [0.05, 0.1) is 0 Å². The average Bonchev–Trinajstić information content (AvgIpc) is 2.27. The van der Waals surface area contributed by atoms with E-state index in [0.717, 1.165) is 0 Å². The van der Waals surface area contributed by atoms with Crippen molar-refractivity contribution in [3.63, 3.8) is 0 Å². The average molecular weight is 238 g/mol. The summed E-state index contributed by atoms with van der Waals surface area (Å²) in [5, 5.41) is 13.8. The lowest BCUT2D eigenvalue weighted by Crippen LogP contribution is -2.48. The molecule has 5 heteroatoms. The SMILES string of the molecule is C#CCC(CC)NC(=O)NC(CC=C)C(=O)O. The van der Waals surface area contributed by atoms with E-state index in [0.29, 0.717) is 12.8 Å². The van der Waals surface area contributed by atoms with Gasteiger partial charge in [-0.25, -0.2) is 9.59 Å². The molecule has 0 spiro atoms. The standard InChI is InChI=1S/C12H18N2O3/c1-4-7-9(6-3)13-12(17)14-10(8-5-2)11(15)16/h1,5,9-10H,2,6-8H2,3H3,(H,15,16)(H2,13,14,17). The molecular formula is C12H18N2O3. The lowest BCUT2D eigenvalue weighted by molar-refractivity contribution is -0.139. The maximum Gasteiger partial charge on any atom is 0.326 e. The highest BCUT2D eigenvalue weighted by molar-refractivity contribution is 5.82. The molecule has 0 fully saturated rings. The molecule has 0 bridgehead atoms. The molecule has 2 amide bonds. The zero-order valence-electron chi connectivity index (χ0n) is 9.90. The Hall–Kier alpha value is -1.96. The number of hydrogen-bond donors (Lipinski definition) is 3. The molecule has 0 aliphatic carbocycles. The molecule has 0 saturated heterocycles. The van der Waals surface area contributed by atoms with Crippen LogP contribution in [0.25, 0.3) is 0 Å². The Morgan fingerprint density at radius 1 is 1.53 bits per heavy atom. The van der Waals surface area contributed by atoms with Crippen LogP contribution >= 0.6 is 0 Å². The summed E-state index contributed by atoms with van der Waals surface area (Å²) in [5.74, 6) is 1.36. The number of amides is 2. The first-order valence-electron chi connectivity index (χ1n) is 5.39. The maximum absolute atomic E-state index is 11.5. The van der Waals surface area contributed by atoms with Gasteiger partial charge in [0, 0.05) is 12.5 Å². The number of carboxylic acid groups (broad SMARTS) is 1. The number of hydrogen-bond acceptors (Lipinski definition) is 2. The number of carbonyl (C=O) groups is 2. The fraction of sp³-hybridized carbons (Fsp3) is 0.500. The molecule has 0 aromatic carbocycles. The largest absolute Gasteiger partial charge is 0.480 e. The zero-order chi connectivity index (χ0) is 13.3. The highest BCUT2D eigenvalue weighted by Crippen LogP contribution is 1.97. The second-order valence-electron chi connectivity index (χ2n) is 3.55. The summed E-state index contributed by atoms with van der Waals surface area (Å²) < 4.78 is 0. The Morgan fingerprint density at radius 3 is 2.59 bits per heavy atom. The molecular weight excluding hydrogens is 220 g/mol. The monoisotopic (exact) mass is 238 g/mol. The molecule has 0 aliphatic heterocycles. The fourth-order valence-corrected chi connectivity index (χ4v) is 1.21. The summed E-state index contributed by atoms with van der Waals surface area (Å²) in [7, 11) is 0. The van der Waals surface area contributed by atoms with E-state index in [4.69, 9.17) is 11.5 Å². The lowest BCUT2D eigenvalue weighted by Gasteiger charge is -2.17. The Labute approximate surface area is 101 Å². The van der Waals surface area contributed by atoms with Gasteiger partial charge in [0.2, 0.25) is 0 Å². The van der Waals surface area contributed by atoms with Crippen LogP contribution in [0, 0.1) is 12.3 Å². The summed E-state index contributed by atoms with van der Waals surface area (Å²) in [6, 6.07) is -1.63. The first kappa shape index (κ1) is 15.0. The normalized spacial score (nSPS) is 12.9. The van der Waals surface area contributed by atoms with Crippen molar-refractivity contribution in [1.29, 1.82) is 0 Å². The zero-order valence-corrected chi connectivity index (χ0v) is 9.90. The van der Waals surface area contributed by atoms with Crippen molar-refractivity contribution in [3.8, 4) is 12.3 Å². The summed E-state index contributed by atoms with van der Waals surface area (Å²) in [6.07, 6.45) is 7.88. The van der Waals surface area contributed by atoms with Crippen molar-refractivity contribution < 1.29 is 14.7 Å². The minimum Gasteiger partial charge on any atom is -0.480 e. The Kier molecular flexibility index (Phi) is 7.27. The third-order valence-electron chi connectivity index (χ3n) is 2.20. The van der Waals surface area contributed by atoms with Crippen molar-refractivity contribution in [1.82, 2.24) is 10.6 Å². The minimum atomic E-state index is -1.09. The van der Waals surface area contributed by atoms with Gasteiger partial charge in [-0.05, 0) is 12.8 Å². The van der Waals surface area contributed by atoms with Crippen LogP contribution in [0.1, 0.15) is 26.2 Å². The minimum absolute atomic E-state index is 0.141. The van der Waals surface area contributed by atoms with Crippen molar-refractivity contribution in [2.45, 2.75) is 38.3 Å². The van der Waals surface area contributed by atoms with Crippen LogP contribution in [0.3, 0.4) is 0 Å². The summed E-state index contributed by atoms with van der Waals surface area (Å²) in [5.41, 5.74) is 0. The van der Waals surface area contributed by atoms with Gasteiger partial charge in [0.15, 0.2) is 0 Å². The van der Waals surface area contributed by atoms with E-state index in [1.165, 1.54) is 6.08 Å². The van der Waals surface area contributed by atoms with Crippen molar-refractivity contribution >= 4 is 12.0 Å². The number of nitrogens with one attached hydrogen (secondary N) is 2. The molecule has 2 atom stereocenters. The molecule has 0 saturated carbocycles. The van der Waals surface area contributed by atoms with E-state index < -0.39 is 18.0 Å². The number of terminal acetylenes is 1. The third kappa shape index (κ3) is 6.25. The maximum atomic E-state index is 11.5. The van der Waals surface area contributed by atoms with Gasteiger partial charge >= 0.3 is 12.0 Å². The number of aliphatic carboxylic acids is 1. The van der Waals surface area contributed by atoms with Crippen molar-refractivity contribution in [2.75, 3.05) is 0 Å². The van der Waals surface area contributed by atoms with Gasteiger partial charge in [0.1, 0.15) is 6.04 Å². The quantitative estimate of drug-likeness (QED) is 0.459. The highest BCUT2D eigenvalue weighted by atomic mass is 16.4. The second-order valence-corrected chi connectivity index (χ2v) is 3.55. The number of urea groups is 1. The highest BCUT2D eigenvalue weighted by Gasteiger charge is 2.19. The third-order valence-corrected chi connectivity index (χ3v) is 2.20. The van der Waals surface area contributed by atoms with Gasteiger partial charge in [-0.3, -0.25) is 0 Å². The molecule has 3 N–H and O–H groups in total. The van der Waals surface area contributed by atoms with E-state index in [1.807, 2.05) is 6.92 Å². The van der Waals surface area contributed by atoms with Gasteiger partial charge < -0.3 is 15.7 Å². The lowest BCUT2D eigenvalue weighted by atomic mass is 10.1. The van der Waals surface area contributed by atoms with Crippen LogP contribution in [0.15, 0.2) is 12.7 Å². The summed E-state index contributed by atoms with van der Waals surface area (Å²) in [6.45, 7) is 5.32.